The fraction of sp³-hybridized carbons (Fsp3) is 0.636. The van der Waals surface area contributed by atoms with Crippen LogP contribution in [0, 0.1) is 11.8 Å². The van der Waals surface area contributed by atoms with E-state index in [-0.39, 0.29) is 0 Å². The van der Waals surface area contributed by atoms with Crippen LogP contribution in [-0.2, 0) is 0 Å². The molecule has 1 aliphatic heterocycles. The molecule has 2 fully saturated rings. The van der Waals surface area contributed by atoms with E-state index in [1.54, 1.807) is 0 Å². The first-order valence-electron chi connectivity index (χ1n) is 5.33. The van der Waals surface area contributed by atoms with E-state index in [4.69, 9.17) is 0 Å². The van der Waals surface area contributed by atoms with Crippen molar-refractivity contribution in [2.75, 3.05) is 6.54 Å². The maximum atomic E-state index is 3.56. The number of rotatable bonds is 2. The molecule has 1 aromatic rings. The summed E-state index contributed by atoms with van der Waals surface area (Å²) >= 11 is 5.41. The summed E-state index contributed by atoms with van der Waals surface area (Å²) in [4.78, 5) is 1.51. The molecule has 2 heterocycles. The zero-order valence-electron chi connectivity index (χ0n) is 8.00. The topological polar surface area (TPSA) is 12.0 Å². The number of thiophene rings is 1. The highest BCUT2D eigenvalue weighted by Crippen LogP contribution is 2.45. The molecular formula is C11H14BrNS. The molecule has 0 aromatic carbocycles. The van der Waals surface area contributed by atoms with E-state index in [2.05, 4.69) is 33.4 Å². The Balaban J connectivity index is 1.73. The summed E-state index contributed by atoms with van der Waals surface area (Å²) in [7, 11) is 0. The van der Waals surface area contributed by atoms with Crippen LogP contribution in [0.4, 0.5) is 0 Å². The molecule has 3 heteroatoms. The third-order valence-corrected chi connectivity index (χ3v) is 5.36. The van der Waals surface area contributed by atoms with E-state index in [9.17, 15) is 0 Å². The standard InChI is InChI=1S/C11H14BrNS/c12-10-5-4-9(14-10)11-8(6-13-11)7-2-1-3-7/h4-5,7-8,11,13H,1-3,6H2. The summed E-state index contributed by atoms with van der Waals surface area (Å²) in [5, 5.41) is 3.56. The van der Waals surface area contributed by atoms with E-state index in [0.717, 1.165) is 11.8 Å². The summed E-state index contributed by atoms with van der Waals surface area (Å²) in [6.07, 6.45) is 4.40. The van der Waals surface area contributed by atoms with Crippen LogP contribution in [0.5, 0.6) is 0 Å². The van der Waals surface area contributed by atoms with Crippen molar-refractivity contribution in [2.24, 2.45) is 11.8 Å². The molecule has 0 bridgehead atoms. The lowest BCUT2D eigenvalue weighted by Gasteiger charge is -2.46. The van der Waals surface area contributed by atoms with Crippen molar-refractivity contribution in [1.82, 2.24) is 5.32 Å². The monoisotopic (exact) mass is 271 g/mol. The molecule has 0 amide bonds. The molecule has 14 heavy (non-hydrogen) atoms. The molecule has 3 rings (SSSR count). The lowest BCUT2D eigenvalue weighted by molar-refractivity contribution is 0.0960. The Hall–Kier alpha value is 0.140. The van der Waals surface area contributed by atoms with E-state index in [1.165, 1.54) is 34.5 Å². The molecule has 2 unspecified atom stereocenters. The van der Waals surface area contributed by atoms with Gasteiger partial charge in [-0.15, -0.1) is 11.3 Å². The second kappa shape index (κ2) is 3.62. The van der Waals surface area contributed by atoms with Gasteiger partial charge in [-0.1, -0.05) is 19.3 Å². The van der Waals surface area contributed by atoms with Crippen LogP contribution in [-0.4, -0.2) is 6.54 Å². The normalized spacial score (nSPS) is 32.4. The minimum Gasteiger partial charge on any atom is -0.309 e. The van der Waals surface area contributed by atoms with Crippen LogP contribution in [0.15, 0.2) is 15.9 Å². The van der Waals surface area contributed by atoms with Gasteiger partial charge in [-0.05, 0) is 39.9 Å². The van der Waals surface area contributed by atoms with Crippen molar-refractivity contribution >= 4 is 27.3 Å². The Morgan fingerprint density at radius 2 is 2.21 bits per heavy atom. The second-order valence-electron chi connectivity index (χ2n) is 4.38. The maximum Gasteiger partial charge on any atom is 0.0701 e. The molecule has 0 spiro atoms. The van der Waals surface area contributed by atoms with Gasteiger partial charge < -0.3 is 5.32 Å². The van der Waals surface area contributed by atoms with Crippen molar-refractivity contribution in [3.05, 3.63) is 20.8 Å². The van der Waals surface area contributed by atoms with Gasteiger partial charge in [-0.3, -0.25) is 0 Å². The largest absolute Gasteiger partial charge is 0.309 e. The van der Waals surface area contributed by atoms with Gasteiger partial charge in [0.25, 0.3) is 0 Å². The van der Waals surface area contributed by atoms with Gasteiger partial charge in [0.1, 0.15) is 0 Å². The quantitative estimate of drug-likeness (QED) is 0.867. The third-order valence-electron chi connectivity index (χ3n) is 3.66. The third kappa shape index (κ3) is 1.46. The van der Waals surface area contributed by atoms with Crippen LogP contribution in [0.25, 0.3) is 0 Å². The molecule has 2 atom stereocenters. The Morgan fingerprint density at radius 3 is 2.64 bits per heavy atom. The maximum absolute atomic E-state index is 3.56. The molecule has 0 radical (unpaired) electrons. The van der Waals surface area contributed by atoms with Gasteiger partial charge in [0.15, 0.2) is 0 Å². The van der Waals surface area contributed by atoms with Crippen LogP contribution in [0.1, 0.15) is 30.2 Å². The van der Waals surface area contributed by atoms with Crippen molar-refractivity contribution in [1.29, 1.82) is 0 Å². The lowest BCUT2D eigenvalue weighted by Crippen LogP contribution is -2.50. The average Bonchev–Trinajstić information content (AvgIpc) is 2.41. The molecule has 1 saturated carbocycles. The highest BCUT2D eigenvalue weighted by atomic mass is 79.9. The SMILES string of the molecule is Brc1ccc(C2NCC2C2CCC2)s1. The zero-order chi connectivity index (χ0) is 9.54. The Kier molecular flexibility index (Phi) is 2.42. The van der Waals surface area contributed by atoms with Crippen molar-refractivity contribution in [2.45, 2.75) is 25.3 Å². The van der Waals surface area contributed by atoms with Gasteiger partial charge in [-0.25, -0.2) is 0 Å². The summed E-state index contributed by atoms with van der Waals surface area (Å²) in [5.41, 5.74) is 0. The Bertz CT molecular complexity index is 332. The number of halogens is 1. The smallest absolute Gasteiger partial charge is 0.0701 e. The van der Waals surface area contributed by atoms with Crippen LogP contribution < -0.4 is 5.32 Å². The second-order valence-corrected chi connectivity index (χ2v) is 6.88. The summed E-state index contributed by atoms with van der Waals surface area (Å²) < 4.78 is 1.26. The van der Waals surface area contributed by atoms with Crippen LogP contribution >= 0.6 is 27.3 Å². The molecule has 76 valence electrons. The molecule has 2 aliphatic rings. The minimum atomic E-state index is 0.664. The first kappa shape index (κ1) is 9.37. The first-order chi connectivity index (χ1) is 6.84. The minimum absolute atomic E-state index is 0.664. The van der Waals surface area contributed by atoms with Gasteiger partial charge in [0, 0.05) is 17.5 Å². The average molecular weight is 272 g/mol. The van der Waals surface area contributed by atoms with Crippen LogP contribution in [0.3, 0.4) is 0 Å². The zero-order valence-corrected chi connectivity index (χ0v) is 10.4. The fourth-order valence-corrected chi connectivity index (χ4v) is 4.06. The summed E-state index contributed by atoms with van der Waals surface area (Å²) in [6.45, 7) is 1.24. The summed E-state index contributed by atoms with van der Waals surface area (Å²) in [5.74, 6) is 1.94. The Morgan fingerprint density at radius 1 is 1.36 bits per heavy atom. The first-order valence-corrected chi connectivity index (χ1v) is 6.94. The Labute approximate surface area is 97.0 Å². The van der Waals surface area contributed by atoms with E-state index >= 15 is 0 Å². The molecule has 1 aromatic heterocycles. The fourth-order valence-electron chi connectivity index (χ4n) is 2.49. The molecule has 1 N–H and O–H groups in total. The number of nitrogens with one attached hydrogen (secondary N) is 1. The van der Waals surface area contributed by atoms with Gasteiger partial charge in [0.05, 0.1) is 3.79 Å². The van der Waals surface area contributed by atoms with Gasteiger partial charge in [0.2, 0.25) is 0 Å². The molecule has 1 nitrogen and oxygen atoms in total. The molecule has 1 aliphatic carbocycles. The van der Waals surface area contributed by atoms with Gasteiger partial charge >= 0.3 is 0 Å². The number of hydrogen-bond donors (Lipinski definition) is 1. The molecule has 1 saturated heterocycles. The van der Waals surface area contributed by atoms with Gasteiger partial charge in [-0.2, -0.15) is 0 Å². The van der Waals surface area contributed by atoms with Crippen molar-refractivity contribution < 1.29 is 0 Å². The van der Waals surface area contributed by atoms with Crippen molar-refractivity contribution in [3.8, 4) is 0 Å². The predicted octanol–water partition coefficient (Wildman–Crippen LogP) is 3.57. The summed E-state index contributed by atoms with van der Waals surface area (Å²) in [6, 6.07) is 5.09. The van der Waals surface area contributed by atoms with Crippen molar-refractivity contribution in [3.63, 3.8) is 0 Å². The van der Waals surface area contributed by atoms with E-state index in [0.29, 0.717) is 6.04 Å². The molecular weight excluding hydrogens is 258 g/mol. The predicted molar refractivity (Wildman–Crippen MR) is 63.6 cm³/mol. The highest BCUT2D eigenvalue weighted by molar-refractivity contribution is 9.11. The van der Waals surface area contributed by atoms with Crippen LogP contribution in [0.2, 0.25) is 0 Å². The number of hydrogen-bond acceptors (Lipinski definition) is 2. The highest BCUT2D eigenvalue weighted by Gasteiger charge is 2.40. The lowest BCUT2D eigenvalue weighted by atomic mass is 9.69. The van der Waals surface area contributed by atoms with E-state index in [1.807, 2.05) is 11.3 Å². The van der Waals surface area contributed by atoms with E-state index < -0.39 is 0 Å².